The van der Waals surface area contributed by atoms with Gasteiger partial charge >= 0.3 is 0 Å². The summed E-state index contributed by atoms with van der Waals surface area (Å²) in [5.74, 6) is 0.892. The van der Waals surface area contributed by atoms with Gasteiger partial charge in [-0.1, -0.05) is 26.2 Å². The number of halogens is 1. The predicted molar refractivity (Wildman–Crippen MR) is 70.0 cm³/mol. The molecule has 0 radical (unpaired) electrons. The first-order chi connectivity index (χ1) is 7.27. The Morgan fingerprint density at radius 1 is 1.44 bits per heavy atom. The predicted octanol–water partition coefficient (Wildman–Crippen LogP) is 2.10. The first kappa shape index (κ1) is 15.7. The monoisotopic (exact) mass is 248 g/mol. The van der Waals surface area contributed by atoms with Gasteiger partial charge in [0.2, 0.25) is 5.91 Å². The van der Waals surface area contributed by atoms with Gasteiger partial charge in [-0.05, 0) is 32.2 Å². The second kappa shape index (κ2) is 8.82. The molecule has 0 heterocycles. The molecule has 0 aromatic heterocycles. The summed E-state index contributed by atoms with van der Waals surface area (Å²) in [6, 6.07) is 0.430. The standard InChI is InChI=1S/C12H24N2O.ClH/c1-3-4-8-11(10-6-5-7-10)14-12(15)9-13-2;/h10-11,13H,3-9H2,1-2H3,(H,14,15);1H. The van der Waals surface area contributed by atoms with Gasteiger partial charge in [0, 0.05) is 6.04 Å². The fraction of sp³-hybridized carbons (Fsp3) is 0.917. The van der Waals surface area contributed by atoms with Crippen LogP contribution in [0.3, 0.4) is 0 Å². The van der Waals surface area contributed by atoms with Gasteiger partial charge in [-0.3, -0.25) is 4.79 Å². The van der Waals surface area contributed by atoms with Crippen LogP contribution in [0.2, 0.25) is 0 Å². The Morgan fingerprint density at radius 2 is 2.12 bits per heavy atom. The third-order valence-electron chi connectivity index (χ3n) is 3.27. The normalized spacial score (nSPS) is 17.1. The molecule has 1 rings (SSSR count). The highest BCUT2D eigenvalue weighted by Gasteiger charge is 2.27. The van der Waals surface area contributed by atoms with Crippen LogP contribution in [-0.4, -0.2) is 25.5 Å². The molecule has 0 spiro atoms. The van der Waals surface area contributed by atoms with Crippen molar-refractivity contribution in [2.75, 3.05) is 13.6 Å². The Kier molecular flexibility index (Phi) is 8.67. The molecule has 1 fully saturated rings. The molecule has 96 valence electrons. The molecule has 0 aromatic rings. The minimum atomic E-state index is 0. The van der Waals surface area contributed by atoms with Gasteiger partial charge in [-0.2, -0.15) is 0 Å². The van der Waals surface area contributed by atoms with E-state index in [4.69, 9.17) is 0 Å². The molecule has 0 aliphatic heterocycles. The summed E-state index contributed by atoms with van der Waals surface area (Å²) in [6.45, 7) is 2.64. The number of carbonyl (C=O) groups is 1. The molecule has 0 saturated heterocycles. The molecule has 0 bridgehead atoms. The lowest BCUT2D eigenvalue weighted by Gasteiger charge is -2.34. The maximum atomic E-state index is 11.5. The average Bonchev–Trinajstić information content (AvgIpc) is 2.11. The van der Waals surface area contributed by atoms with E-state index in [0.717, 1.165) is 12.3 Å². The molecule has 0 aromatic carbocycles. The van der Waals surface area contributed by atoms with E-state index in [1.807, 2.05) is 7.05 Å². The zero-order chi connectivity index (χ0) is 11.1. The molecular weight excluding hydrogens is 224 g/mol. The van der Waals surface area contributed by atoms with Crippen LogP contribution in [0.1, 0.15) is 45.4 Å². The number of unbranched alkanes of at least 4 members (excludes halogenated alkanes) is 1. The fourth-order valence-electron chi connectivity index (χ4n) is 2.11. The lowest BCUT2D eigenvalue weighted by atomic mass is 9.78. The van der Waals surface area contributed by atoms with E-state index in [2.05, 4.69) is 17.6 Å². The molecule has 1 atom stereocenters. The largest absolute Gasteiger partial charge is 0.352 e. The average molecular weight is 249 g/mol. The topological polar surface area (TPSA) is 41.1 Å². The molecule has 1 unspecified atom stereocenters. The van der Waals surface area contributed by atoms with Crippen molar-refractivity contribution in [2.24, 2.45) is 5.92 Å². The fourth-order valence-corrected chi connectivity index (χ4v) is 2.11. The number of nitrogens with one attached hydrogen (secondary N) is 2. The minimum Gasteiger partial charge on any atom is -0.352 e. The maximum absolute atomic E-state index is 11.5. The first-order valence-electron chi connectivity index (χ1n) is 6.22. The Bertz CT molecular complexity index is 195. The van der Waals surface area contributed by atoms with Crippen LogP contribution in [0.5, 0.6) is 0 Å². The summed E-state index contributed by atoms with van der Waals surface area (Å²) in [6.07, 6.45) is 7.53. The lowest BCUT2D eigenvalue weighted by molar-refractivity contribution is -0.121. The van der Waals surface area contributed by atoms with Crippen LogP contribution < -0.4 is 10.6 Å². The van der Waals surface area contributed by atoms with E-state index < -0.39 is 0 Å². The number of rotatable bonds is 7. The highest BCUT2D eigenvalue weighted by Crippen LogP contribution is 2.31. The smallest absolute Gasteiger partial charge is 0.234 e. The van der Waals surface area contributed by atoms with E-state index in [-0.39, 0.29) is 18.3 Å². The van der Waals surface area contributed by atoms with Gasteiger partial charge in [0.1, 0.15) is 0 Å². The van der Waals surface area contributed by atoms with Crippen molar-refractivity contribution in [1.29, 1.82) is 0 Å². The van der Waals surface area contributed by atoms with Gasteiger partial charge < -0.3 is 10.6 Å². The quantitative estimate of drug-likeness (QED) is 0.725. The number of hydrogen-bond donors (Lipinski definition) is 2. The van der Waals surface area contributed by atoms with E-state index in [0.29, 0.717) is 12.6 Å². The molecule has 16 heavy (non-hydrogen) atoms. The van der Waals surface area contributed by atoms with Crippen molar-refractivity contribution in [1.82, 2.24) is 10.6 Å². The number of carbonyl (C=O) groups excluding carboxylic acids is 1. The van der Waals surface area contributed by atoms with E-state index in [9.17, 15) is 4.79 Å². The zero-order valence-electron chi connectivity index (χ0n) is 10.4. The molecular formula is C12H25ClN2O. The van der Waals surface area contributed by atoms with Crippen LogP contribution in [0.15, 0.2) is 0 Å². The summed E-state index contributed by atoms with van der Waals surface area (Å²) >= 11 is 0. The highest BCUT2D eigenvalue weighted by atomic mass is 35.5. The second-order valence-corrected chi connectivity index (χ2v) is 4.54. The van der Waals surface area contributed by atoms with Crippen LogP contribution in [0.25, 0.3) is 0 Å². The molecule has 1 aliphatic carbocycles. The molecule has 1 aliphatic rings. The van der Waals surface area contributed by atoms with Crippen LogP contribution in [0, 0.1) is 5.92 Å². The molecule has 3 nitrogen and oxygen atoms in total. The van der Waals surface area contributed by atoms with Gasteiger partial charge in [0.25, 0.3) is 0 Å². The van der Waals surface area contributed by atoms with Gasteiger partial charge in [0.15, 0.2) is 0 Å². The highest BCUT2D eigenvalue weighted by molar-refractivity contribution is 5.85. The van der Waals surface area contributed by atoms with Crippen molar-refractivity contribution in [2.45, 2.75) is 51.5 Å². The summed E-state index contributed by atoms with van der Waals surface area (Å²) in [4.78, 5) is 11.5. The van der Waals surface area contributed by atoms with Crippen molar-refractivity contribution >= 4 is 18.3 Å². The molecule has 2 N–H and O–H groups in total. The number of amides is 1. The summed E-state index contributed by atoms with van der Waals surface area (Å²) in [5.41, 5.74) is 0. The van der Waals surface area contributed by atoms with Gasteiger partial charge in [-0.25, -0.2) is 0 Å². The SMILES string of the molecule is CCCCC(NC(=O)CNC)C1CCC1.Cl. The summed E-state index contributed by atoms with van der Waals surface area (Å²) in [7, 11) is 1.81. The molecule has 1 saturated carbocycles. The Labute approximate surface area is 105 Å². The Balaban J connectivity index is 0.00000225. The van der Waals surface area contributed by atoms with Crippen molar-refractivity contribution in [3.05, 3.63) is 0 Å². The first-order valence-corrected chi connectivity index (χ1v) is 6.22. The van der Waals surface area contributed by atoms with Gasteiger partial charge in [0.05, 0.1) is 6.54 Å². The van der Waals surface area contributed by atoms with Gasteiger partial charge in [-0.15, -0.1) is 12.4 Å². The maximum Gasteiger partial charge on any atom is 0.234 e. The van der Waals surface area contributed by atoms with E-state index in [1.54, 1.807) is 0 Å². The third kappa shape index (κ3) is 5.17. The van der Waals surface area contributed by atoms with Crippen LogP contribution in [-0.2, 0) is 4.79 Å². The third-order valence-corrected chi connectivity index (χ3v) is 3.27. The number of likely N-dealkylation sites (N-methyl/N-ethyl adjacent to an activating group) is 1. The minimum absolute atomic E-state index is 0. The van der Waals surface area contributed by atoms with E-state index in [1.165, 1.54) is 32.1 Å². The Hall–Kier alpha value is -0.280. The zero-order valence-corrected chi connectivity index (χ0v) is 11.2. The second-order valence-electron chi connectivity index (χ2n) is 4.54. The van der Waals surface area contributed by atoms with Crippen LogP contribution >= 0.6 is 12.4 Å². The van der Waals surface area contributed by atoms with Crippen molar-refractivity contribution in [3.63, 3.8) is 0 Å². The lowest BCUT2D eigenvalue weighted by Crippen LogP contribution is -2.45. The number of hydrogen-bond acceptors (Lipinski definition) is 2. The van der Waals surface area contributed by atoms with Crippen molar-refractivity contribution < 1.29 is 4.79 Å². The molecule has 4 heteroatoms. The van der Waals surface area contributed by atoms with E-state index >= 15 is 0 Å². The van der Waals surface area contributed by atoms with Crippen molar-refractivity contribution in [3.8, 4) is 0 Å². The summed E-state index contributed by atoms with van der Waals surface area (Å²) in [5, 5.41) is 6.05. The Morgan fingerprint density at radius 3 is 2.56 bits per heavy atom. The van der Waals surface area contributed by atoms with Crippen LogP contribution in [0.4, 0.5) is 0 Å². The summed E-state index contributed by atoms with van der Waals surface area (Å²) < 4.78 is 0. The molecule has 1 amide bonds.